The lowest BCUT2D eigenvalue weighted by Gasteiger charge is -2.47. The number of aromatic hydroxyl groups is 1. The van der Waals surface area contributed by atoms with Gasteiger partial charge < -0.3 is 35.1 Å². The Morgan fingerprint density at radius 2 is 1.84 bits per heavy atom. The first-order valence-corrected chi connectivity index (χ1v) is 17.5. The smallest absolute Gasteiger partial charge is 0.305 e. The predicted molar refractivity (Wildman–Crippen MR) is 173 cm³/mol. The molecule has 0 bridgehead atoms. The van der Waals surface area contributed by atoms with E-state index in [1.54, 1.807) is 17.4 Å². The molecule has 4 heterocycles. The minimum atomic E-state index is -0.726. The molecule has 236 valence electrons. The van der Waals surface area contributed by atoms with Crippen LogP contribution in [0.4, 0.5) is 0 Å². The van der Waals surface area contributed by atoms with Gasteiger partial charge in [0.05, 0.1) is 29.4 Å². The maximum absolute atomic E-state index is 12.8. The Morgan fingerprint density at radius 3 is 2.60 bits per heavy atom. The average molecular weight is 631 g/mol. The summed E-state index contributed by atoms with van der Waals surface area (Å²) in [5, 5.41) is 25.9. The summed E-state index contributed by atoms with van der Waals surface area (Å²) in [5.74, 6) is 0.256. The number of unbranched alkanes of at least 4 members (excludes halogenated alkanes) is 6. The number of carbonyl (C=O) groups is 1. The molecule has 0 aliphatic carbocycles. The lowest BCUT2D eigenvalue weighted by molar-refractivity contribution is -0.158. The summed E-state index contributed by atoms with van der Waals surface area (Å²) in [7, 11) is 0. The van der Waals surface area contributed by atoms with Gasteiger partial charge in [0.15, 0.2) is 0 Å². The summed E-state index contributed by atoms with van der Waals surface area (Å²) in [6, 6.07) is 7.25. The summed E-state index contributed by atoms with van der Waals surface area (Å²) in [4.78, 5) is 32.6. The van der Waals surface area contributed by atoms with Crippen molar-refractivity contribution in [3.8, 4) is 5.75 Å². The Bertz CT molecular complexity index is 1350. The Labute approximate surface area is 261 Å². The van der Waals surface area contributed by atoms with Crippen LogP contribution in [0.5, 0.6) is 5.75 Å². The van der Waals surface area contributed by atoms with E-state index in [0.29, 0.717) is 41.9 Å². The van der Waals surface area contributed by atoms with Gasteiger partial charge in [-0.05, 0) is 56.3 Å². The maximum atomic E-state index is 12.8. The average Bonchev–Trinajstić information content (AvgIpc) is 3.67. The highest BCUT2D eigenvalue weighted by molar-refractivity contribution is 7.16. The van der Waals surface area contributed by atoms with E-state index >= 15 is 0 Å². The number of nitrogens with zero attached hydrogens (tertiary/aromatic N) is 2. The van der Waals surface area contributed by atoms with Gasteiger partial charge in [0, 0.05) is 43.2 Å². The van der Waals surface area contributed by atoms with E-state index in [9.17, 15) is 19.8 Å². The van der Waals surface area contributed by atoms with E-state index in [1.165, 1.54) is 44.6 Å². The van der Waals surface area contributed by atoms with Crippen LogP contribution < -0.4 is 10.2 Å². The van der Waals surface area contributed by atoms with Crippen LogP contribution in [0.25, 0.3) is 10.2 Å². The number of likely N-dealkylation sites (tertiary alicyclic amines) is 1. The van der Waals surface area contributed by atoms with Gasteiger partial charge in [-0.15, -0.1) is 11.3 Å². The number of phenolic OH excluding ortho intramolecular Hbond substituents is 1. The monoisotopic (exact) mass is 630 g/mol. The minimum absolute atomic E-state index is 0.0267. The molecule has 43 heavy (non-hydrogen) atoms. The van der Waals surface area contributed by atoms with Crippen LogP contribution in [0.3, 0.4) is 0 Å². The first-order valence-electron chi connectivity index (χ1n) is 15.8. The van der Waals surface area contributed by atoms with Crippen molar-refractivity contribution in [3.63, 3.8) is 0 Å². The van der Waals surface area contributed by atoms with E-state index in [0.717, 1.165) is 68.2 Å². The molecule has 4 N–H and O–H groups in total. The molecule has 1 amide bonds. The third-order valence-electron chi connectivity index (χ3n) is 8.89. The van der Waals surface area contributed by atoms with Crippen molar-refractivity contribution in [1.82, 2.24) is 20.1 Å². The number of H-pyrrole nitrogens is 1. The summed E-state index contributed by atoms with van der Waals surface area (Å²) in [6.45, 7) is 6.62. The van der Waals surface area contributed by atoms with E-state index in [2.05, 4.69) is 15.2 Å². The summed E-state index contributed by atoms with van der Waals surface area (Å²) >= 11 is 2.67. The molecular weight excluding hydrogens is 585 g/mol. The van der Waals surface area contributed by atoms with Gasteiger partial charge in [-0.2, -0.15) is 0 Å². The molecule has 5 rings (SSSR count). The Balaban J connectivity index is 0.874. The lowest BCUT2D eigenvalue weighted by Crippen LogP contribution is -2.58. The first kappa shape index (κ1) is 32.1. The SMILES string of the molecule is O=C(Cc1cccs1)N1CCOC2(CCN(CCCCCCCCCNCC(O)c3ccc(O)c4[nH]c(=O)sc34)CC2)C1. The zero-order valence-corrected chi connectivity index (χ0v) is 26.7. The highest BCUT2D eigenvalue weighted by Crippen LogP contribution is 2.32. The summed E-state index contributed by atoms with van der Waals surface area (Å²) in [6.07, 6.45) is 10.3. The van der Waals surface area contributed by atoms with Gasteiger partial charge in [-0.1, -0.05) is 55.6 Å². The number of ether oxygens (including phenoxy) is 1. The molecule has 1 atom stereocenters. The number of thiophene rings is 1. The molecule has 11 heteroatoms. The lowest BCUT2D eigenvalue weighted by atomic mass is 9.89. The first-order chi connectivity index (χ1) is 20.9. The number of aliphatic hydroxyl groups excluding tert-OH is 1. The van der Waals surface area contributed by atoms with Gasteiger partial charge >= 0.3 is 4.87 Å². The molecular formula is C32H46N4O5S2. The van der Waals surface area contributed by atoms with Gasteiger partial charge in [0.25, 0.3) is 0 Å². The molecule has 2 aromatic heterocycles. The molecule has 2 saturated heterocycles. The molecule has 0 radical (unpaired) electrons. The van der Waals surface area contributed by atoms with Crippen LogP contribution in [0.15, 0.2) is 34.4 Å². The number of aliphatic hydroxyl groups is 1. The molecule has 1 aromatic carbocycles. The highest BCUT2D eigenvalue weighted by Gasteiger charge is 2.40. The number of thiazole rings is 1. The number of fused-ring (bicyclic) bond motifs is 1. The van der Waals surface area contributed by atoms with Crippen molar-refractivity contribution in [1.29, 1.82) is 0 Å². The molecule has 0 saturated carbocycles. The van der Waals surface area contributed by atoms with Crippen molar-refractivity contribution in [3.05, 3.63) is 49.8 Å². The van der Waals surface area contributed by atoms with Gasteiger partial charge in [0.2, 0.25) is 5.91 Å². The number of aromatic amines is 1. The van der Waals surface area contributed by atoms with Crippen molar-refractivity contribution in [2.24, 2.45) is 0 Å². The molecule has 1 unspecified atom stereocenters. The Morgan fingerprint density at radius 1 is 1.07 bits per heavy atom. The van der Waals surface area contributed by atoms with Crippen molar-refractivity contribution >= 4 is 38.8 Å². The Kier molecular flexibility index (Phi) is 11.7. The molecule has 2 aliphatic heterocycles. The van der Waals surface area contributed by atoms with Crippen LogP contribution in [0.1, 0.15) is 74.3 Å². The summed E-state index contributed by atoms with van der Waals surface area (Å²) in [5.41, 5.74) is 0.907. The fourth-order valence-electron chi connectivity index (χ4n) is 6.34. The summed E-state index contributed by atoms with van der Waals surface area (Å²) < 4.78 is 6.89. The van der Waals surface area contributed by atoms with Gasteiger partial charge in [0.1, 0.15) is 11.3 Å². The molecule has 9 nitrogen and oxygen atoms in total. The van der Waals surface area contributed by atoms with Crippen molar-refractivity contribution in [2.75, 3.05) is 52.4 Å². The second-order valence-corrected chi connectivity index (χ2v) is 14.0. The quantitative estimate of drug-likeness (QED) is 0.181. The molecule has 3 aromatic rings. The number of hydrogen-bond acceptors (Lipinski definition) is 9. The number of amides is 1. The maximum Gasteiger partial charge on any atom is 0.305 e. The number of phenols is 1. The number of rotatable bonds is 15. The van der Waals surface area contributed by atoms with E-state index < -0.39 is 6.10 Å². The number of aromatic nitrogens is 1. The fourth-order valence-corrected chi connectivity index (χ4v) is 7.95. The van der Waals surface area contributed by atoms with Crippen molar-refractivity contribution in [2.45, 2.75) is 75.9 Å². The number of carbonyl (C=O) groups excluding carboxylic acids is 1. The highest BCUT2D eigenvalue weighted by atomic mass is 32.1. The van der Waals surface area contributed by atoms with Crippen LogP contribution in [0, 0.1) is 0 Å². The van der Waals surface area contributed by atoms with Crippen LogP contribution in [0.2, 0.25) is 0 Å². The zero-order chi connectivity index (χ0) is 30.1. The minimum Gasteiger partial charge on any atom is -0.506 e. The second-order valence-electron chi connectivity index (χ2n) is 12.0. The third kappa shape index (κ3) is 8.89. The van der Waals surface area contributed by atoms with Crippen LogP contribution in [-0.2, 0) is 16.0 Å². The van der Waals surface area contributed by atoms with E-state index in [4.69, 9.17) is 4.74 Å². The number of benzene rings is 1. The third-order valence-corrected chi connectivity index (χ3v) is 10.7. The normalized spacial score (nSPS) is 18.0. The largest absolute Gasteiger partial charge is 0.506 e. The molecule has 2 aliphatic rings. The van der Waals surface area contributed by atoms with Gasteiger partial charge in [-0.25, -0.2) is 0 Å². The second kappa shape index (κ2) is 15.6. The standard InChI is InChI=1S/C32H46N4O5S2/c37-26-11-10-25(30-29(26)34-31(40)43-30)27(38)22-33-14-6-4-2-1-3-5-7-15-35-16-12-32(13-17-35)23-36(18-19-41-32)28(39)21-24-9-8-20-42-24/h8-11,20,27,33,37-38H,1-7,12-19,21-23H2,(H,34,40). The topological polar surface area (TPSA) is 118 Å². The van der Waals surface area contributed by atoms with Crippen LogP contribution >= 0.6 is 22.7 Å². The zero-order valence-electron chi connectivity index (χ0n) is 25.0. The van der Waals surface area contributed by atoms with E-state index in [-0.39, 0.29) is 22.1 Å². The number of nitrogens with one attached hydrogen (secondary N) is 2. The number of morpholine rings is 1. The van der Waals surface area contributed by atoms with Crippen LogP contribution in [-0.4, -0.2) is 88.9 Å². The fraction of sp³-hybridized carbons (Fsp3) is 0.625. The molecule has 1 spiro atoms. The number of piperidine rings is 1. The molecule has 2 fully saturated rings. The van der Waals surface area contributed by atoms with E-state index in [1.807, 2.05) is 22.4 Å². The predicted octanol–water partition coefficient (Wildman–Crippen LogP) is 4.65. The number of hydrogen-bond donors (Lipinski definition) is 4. The van der Waals surface area contributed by atoms with Crippen molar-refractivity contribution < 1.29 is 19.7 Å². The van der Waals surface area contributed by atoms with Gasteiger partial charge in [-0.3, -0.25) is 9.59 Å². The Hall–Kier alpha value is -2.28.